The first kappa shape index (κ1) is 20.9. The number of hydrogen-bond donors (Lipinski definition) is 1. The van der Waals surface area contributed by atoms with Gasteiger partial charge in [-0.15, -0.1) is 0 Å². The Balaban J connectivity index is 1.81. The highest BCUT2D eigenvalue weighted by Gasteiger charge is 2.22. The summed E-state index contributed by atoms with van der Waals surface area (Å²) in [6.45, 7) is 5.88. The minimum atomic E-state index is -0.507. The molecule has 3 rings (SSSR count). The van der Waals surface area contributed by atoms with Crippen LogP contribution in [0, 0.1) is 10.1 Å². The van der Waals surface area contributed by atoms with Gasteiger partial charge in [-0.3, -0.25) is 19.7 Å². The lowest BCUT2D eigenvalue weighted by Gasteiger charge is -2.19. The lowest BCUT2D eigenvalue weighted by Crippen LogP contribution is -2.15. The molecule has 1 N–H and O–H groups in total. The molecule has 0 unspecified atom stereocenters. The third kappa shape index (κ3) is 4.60. The van der Waals surface area contributed by atoms with Crippen molar-refractivity contribution < 1.29 is 14.5 Å². The summed E-state index contributed by atoms with van der Waals surface area (Å²) in [7, 11) is 0. The van der Waals surface area contributed by atoms with Crippen molar-refractivity contribution in [2.75, 3.05) is 5.32 Å². The van der Waals surface area contributed by atoms with Crippen LogP contribution in [0.4, 0.5) is 11.4 Å². The largest absolute Gasteiger partial charge is 0.316 e. The summed E-state index contributed by atoms with van der Waals surface area (Å²) >= 11 is 0. The van der Waals surface area contributed by atoms with E-state index >= 15 is 0 Å². The zero-order valence-electron chi connectivity index (χ0n) is 17.0. The molecule has 0 aliphatic rings. The van der Waals surface area contributed by atoms with Crippen molar-refractivity contribution in [1.29, 1.82) is 0 Å². The molecule has 30 heavy (non-hydrogen) atoms. The second-order valence-electron chi connectivity index (χ2n) is 7.97. The fraction of sp³-hybridized carbons (Fsp3) is 0.167. The normalized spacial score (nSPS) is 11.0. The highest BCUT2D eigenvalue weighted by atomic mass is 16.6. The molecular formula is C24H22N2O4. The van der Waals surface area contributed by atoms with Gasteiger partial charge in [0.1, 0.15) is 5.69 Å². The number of anilines is 1. The summed E-state index contributed by atoms with van der Waals surface area (Å²) in [4.78, 5) is 36.1. The van der Waals surface area contributed by atoms with Gasteiger partial charge in [-0.25, -0.2) is 0 Å². The number of nitro groups is 1. The van der Waals surface area contributed by atoms with Gasteiger partial charge in [0.05, 0.1) is 4.92 Å². The maximum Gasteiger partial charge on any atom is 0.293 e. The van der Waals surface area contributed by atoms with E-state index in [4.69, 9.17) is 0 Å². The first-order valence-electron chi connectivity index (χ1n) is 9.47. The molecule has 6 heteroatoms. The predicted octanol–water partition coefficient (Wildman–Crippen LogP) is 5.38. The second-order valence-corrected chi connectivity index (χ2v) is 7.97. The van der Waals surface area contributed by atoms with E-state index in [2.05, 4.69) is 5.32 Å². The van der Waals surface area contributed by atoms with Crippen LogP contribution in [0.15, 0.2) is 72.8 Å². The molecule has 0 atom stereocenters. The highest BCUT2D eigenvalue weighted by molar-refractivity contribution is 6.10. The van der Waals surface area contributed by atoms with Crippen molar-refractivity contribution in [3.63, 3.8) is 0 Å². The van der Waals surface area contributed by atoms with Gasteiger partial charge in [-0.2, -0.15) is 0 Å². The Morgan fingerprint density at radius 2 is 1.40 bits per heavy atom. The summed E-state index contributed by atoms with van der Waals surface area (Å²) in [5, 5.41) is 14.1. The molecule has 0 aliphatic carbocycles. The number of benzene rings is 3. The van der Waals surface area contributed by atoms with Crippen molar-refractivity contribution in [3.8, 4) is 0 Å². The van der Waals surface area contributed by atoms with E-state index in [-0.39, 0.29) is 22.6 Å². The van der Waals surface area contributed by atoms with E-state index in [1.807, 2.05) is 26.8 Å². The zero-order chi connectivity index (χ0) is 21.9. The number of rotatable bonds is 5. The van der Waals surface area contributed by atoms with E-state index in [1.54, 1.807) is 48.5 Å². The molecule has 0 fully saturated rings. The van der Waals surface area contributed by atoms with Crippen LogP contribution in [0.5, 0.6) is 0 Å². The molecule has 0 saturated carbocycles. The molecule has 0 heterocycles. The van der Waals surface area contributed by atoms with Crippen molar-refractivity contribution in [2.24, 2.45) is 0 Å². The monoisotopic (exact) mass is 402 g/mol. The van der Waals surface area contributed by atoms with Gasteiger partial charge in [-0.05, 0) is 29.2 Å². The SMILES string of the molecule is CC(C)(C)c1ccc(NC(=O)c2ccc(C(=O)c3ccccc3)cc2)c([N+](=O)[O-])c1. The molecule has 152 valence electrons. The van der Waals surface area contributed by atoms with Crippen molar-refractivity contribution in [3.05, 3.63) is 105 Å². The van der Waals surface area contributed by atoms with Crippen LogP contribution in [0.1, 0.15) is 52.6 Å². The summed E-state index contributed by atoms with van der Waals surface area (Å²) in [5.74, 6) is -0.628. The van der Waals surface area contributed by atoms with E-state index < -0.39 is 10.8 Å². The molecule has 0 aliphatic heterocycles. The van der Waals surface area contributed by atoms with Gasteiger partial charge in [0.25, 0.3) is 11.6 Å². The van der Waals surface area contributed by atoms with Gasteiger partial charge in [-0.1, -0.05) is 69.3 Å². The van der Waals surface area contributed by atoms with Crippen molar-refractivity contribution in [1.82, 2.24) is 0 Å². The van der Waals surface area contributed by atoms with Crippen LogP contribution in [-0.4, -0.2) is 16.6 Å². The van der Waals surface area contributed by atoms with Crippen LogP contribution in [0.25, 0.3) is 0 Å². The number of carbonyl (C=O) groups is 2. The number of carbonyl (C=O) groups excluding carboxylic acids is 2. The summed E-state index contributed by atoms with van der Waals surface area (Å²) < 4.78 is 0. The third-order valence-electron chi connectivity index (χ3n) is 4.75. The first-order chi connectivity index (χ1) is 14.2. The highest BCUT2D eigenvalue weighted by Crippen LogP contribution is 2.31. The van der Waals surface area contributed by atoms with E-state index in [0.717, 1.165) is 5.56 Å². The molecule has 0 aromatic heterocycles. The quantitative estimate of drug-likeness (QED) is 0.353. The molecule has 6 nitrogen and oxygen atoms in total. The summed E-state index contributed by atoms with van der Waals surface area (Å²) in [6, 6.07) is 19.8. The molecule has 3 aromatic rings. The Labute approximate surface area is 174 Å². The van der Waals surface area contributed by atoms with Crippen molar-refractivity contribution >= 4 is 23.1 Å². The first-order valence-corrected chi connectivity index (χ1v) is 9.47. The van der Waals surface area contributed by atoms with E-state index in [1.165, 1.54) is 18.2 Å². The van der Waals surface area contributed by atoms with Gasteiger partial charge in [0.15, 0.2) is 5.78 Å². The van der Waals surface area contributed by atoms with Crippen LogP contribution in [0.3, 0.4) is 0 Å². The Morgan fingerprint density at radius 1 is 0.833 bits per heavy atom. The standard InChI is InChI=1S/C24H22N2O4/c1-24(2,3)19-13-14-20(21(15-19)26(29)30)25-23(28)18-11-9-17(10-12-18)22(27)16-7-5-4-6-8-16/h4-15H,1-3H3,(H,25,28). The number of nitro benzene ring substituents is 1. The minimum Gasteiger partial charge on any atom is -0.316 e. The fourth-order valence-corrected chi connectivity index (χ4v) is 2.98. The molecular weight excluding hydrogens is 380 g/mol. The van der Waals surface area contributed by atoms with Crippen LogP contribution >= 0.6 is 0 Å². The third-order valence-corrected chi connectivity index (χ3v) is 4.75. The average molecular weight is 402 g/mol. The van der Waals surface area contributed by atoms with Gasteiger partial charge < -0.3 is 5.32 Å². The lowest BCUT2D eigenvalue weighted by atomic mass is 9.86. The maximum absolute atomic E-state index is 12.6. The molecule has 0 spiro atoms. The molecule has 1 amide bonds. The Hall–Kier alpha value is -3.80. The second kappa shape index (κ2) is 8.29. The average Bonchev–Trinajstić information content (AvgIpc) is 2.73. The van der Waals surface area contributed by atoms with Gasteiger partial charge >= 0.3 is 0 Å². The molecule has 0 saturated heterocycles. The molecule has 3 aromatic carbocycles. The number of hydrogen-bond acceptors (Lipinski definition) is 4. The van der Waals surface area contributed by atoms with Gasteiger partial charge in [0.2, 0.25) is 0 Å². The maximum atomic E-state index is 12.6. The molecule has 0 radical (unpaired) electrons. The predicted molar refractivity (Wildman–Crippen MR) is 116 cm³/mol. The minimum absolute atomic E-state index is 0.127. The fourth-order valence-electron chi connectivity index (χ4n) is 2.98. The van der Waals surface area contributed by atoms with Crippen molar-refractivity contribution in [2.45, 2.75) is 26.2 Å². The smallest absolute Gasteiger partial charge is 0.293 e. The number of nitrogens with one attached hydrogen (secondary N) is 1. The Kier molecular flexibility index (Phi) is 5.78. The number of nitrogens with zero attached hydrogens (tertiary/aromatic N) is 1. The summed E-state index contributed by atoms with van der Waals surface area (Å²) in [5.41, 5.74) is 1.83. The Bertz CT molecular complexity index is 1100. The zero-order valence-corrected chi connectivity index (χ0v) is 17.0. The lowest BCUT2D eigenvalue weighted by molar-refractivity contribution is -0.384. The van der Waals surface area contributed by atoms with Gasteiger partial charge in [0, 0.05) is 22.8 Å². The number of amides is 1. The van der Waals surface area contributed by atoms with E-state index in [9.17, 15) is 19.7 Å². The molecule has 0 bridgehead atoms. The van der Waals surface area contributed by atoms with Crippen LogP contribution in [0.2, 0.25) is 0 Å². The topological polar surface area (TPSA) is 89.3 Å². The summed E-state index contributed by atoms with van der Waals surface area (Å²) in [6.07, 6.45) is 0. The van der Waals surface area contributed by atoms with E-state index in [0.29, 0.717) is 16.7 Å². The number of ketones is 1. The van der Waals surface area contributed by atoms with Crippen LogP contribution in [-0.2, 0) is 5.41 Å². The van der Waals surface area contributed by atoms with Crippen LogP contribution < -0.4 is 5.32 Å². The Morgan fingerprint density at radius 3 is 1.97 bits per heavy atom.